The normalized spacial score (nSPS) is 11.6. The standard InChI is InChI=1S/C27H28N6O3/c1-16-9-7-12-20-24(16)26(36)33(19-10-5-4-6-11-19)21(31-20)13-8-14-29-25-23(17(2)15-22(34)35)18(3)30-27(28)32-25/h4-7,9-12,15H,8,13-14H2,1-3H3,(H,34,35)(H3,28,29,30,32)/b17-15+. The number of para-hydroxylation sites is 1. The van der Waals surface area contributed by atoms with Crippen LogP contribution in [0.2, 0.25) is 0 Å². The van der Waals surface area contributed by atoms with Crippen LogP contribution in [-0.2, 0) is 11.2 Å². The number of fused-ring (bicyclic) bond motifs is 1. The van der Waals surface area contributed by atoms with Crippen LogP contribution in [0.5, 0.6) is 0 Å². The lowest BCUT2D eigenvalue weighted by Gasteiger charge is -2.16. The Labute approximate surface area is 208 Å². The maximum atomic E-state index is 13.5. The molecule has 0 bridgehead atoms. The smallest absolute Gasteiger partial charge is 0.328 e. The Morgan fingerprint density at radius 2 is 1.83 bits per heavy atom. The van der Waals surface area contributed by atoms with E-state index in [9.17, 15) is 9.59 Å². The second-order valence-electron chi connectivity index (χ2n) is 8.56. The summed E-state index contributed by atoms with van der Waals surface area (Å²) in [5.41, 5.74) is 9.78. The summed E-state index contributed by atoms with van der Waals surface area (Å²) in [6, 6.07) is 15.2. The number of hydrogen-bond acceptors (Lipinski definition) is 7. The van der Waals surface area contributed by atoms with Crippen molar-refractivity contribution >= 4 is 34.2 Å². The summed E-state index contributed by atoms with van der Waals surface area (Å²) in [5, 5.41) is 13.0. The minimum absolute atomic E-state index is 0.0943. The third kappa shape index (κ3) is 5.10. The fourth-order valence-electron chi connectivity index (χ4n) is 4.36. The number of aromatic nitrogens is 4. The SMILES string of the molecule is C/C(=C\C(=O)O)c1c(C)nc(N)nc1NCCCc1nc2cccc(C)c2c(=O)n1-c1ccccc1. The van der Waals surface area contributed by atoms with Gasteiger partial charge in [0.2, 0.25) is 5.95 Å². The average molecular weight is 485 g/mol. The second kappa shape index (κ2) is 10.4. The van der Waals surface area contributed by atoms with Gasteiger partial charge in [-0.25, -0.2) is 14.8 Å². The molecule has 4 rings (SSSR count). The lowest BCUT2D eigenvalue weighted by atomic mass is 10.1. The highest BCUT2D eigenvalue weighted by Crippen LogP contribution is 2.25. The Bertz CT molecular complexity index is 1530. The molecule has 36 heavy (non-hydrogen) atoms. The van der Waals surface area contributed by atoms with Gasteiger partial charge in [-0.15, -0.1) is 0 Å². The van der Waals surface area contributed by atoms with Gasteiger partial charge in [0.05, 0.1) is 22.3 Å². The molecule has 0 radical (unpaired) electrons. The maximum Gasteiger partial charge on any atom is 0.328 e. The van der Waals surface area contributed by atoms with Gasteiger partial charge in [-0.2, -0.15) is 4.98 Å². The van der Waals surface area contributed by atoms with Crippen molar-refractivity contribution in [2.24, 2.45) is 0 Å². The second-order valence-corrected chi connectivity index (χ2v) is 8.56. The minimum Gasteiger partial charge on any atom is -0.478 e. The number of carboxylic acid groups (broad SMARTS) is 1. The first-order valence-corrected chi connectivity index (χ1v) is 11.6. The van der Waals surface area contributed by atoms with E-state index in [4.69, 9.17) is 15.8 Å². The number of hydrogen-bond donors (Lipinski definition) is 3. The first kappa shape index (κ1) is 24.6. The van der Waals surface area contributed by atoms with Crippen LogP contribution >= 0.6 is 0 Å². The van der Waals surface area contributed by atoms with Gasteiger partial charge >= 0.3 is 5.97 Å². The minimum atomic E-state index is -1.05. The summed E-state index contributed by atoms with van der Waals surface area (Å²) >= 11 is 0. The summed E-state index contributed by atoms with van der Waals surface area (Å²) in [6.45, 7) is 5.87. The highest BCUT2D eigenvalue weighted by Gasteiger charge is 2.16. The first-order chi connectivity index (χ1) is 17.3. The predicted octanol–water partition coefficient (Wildman–Crippen LogP) is 3.91. The number of nitrogen functional groups attached to an aromatic ring is 1. The first-order valence-electron chi connectivity index (χ1n) is 11.6. The van der Waals surface area contributed by atoms with Crippen molar-refractivity contribution < 1.29 is 9.90 Å². The molecule has 0 saturated heterocycles. The Kier molecular flexibility index (Phi) is 7.10. The van der Waals surface area contributed by atoms with Gasteiger partial charge in [0.1, 0.15) is 11.6 Å². The molecule has 0 aliphatic heterocycles. The molecule has 2 aromatic heterocycles. The fourth-order valence-corrected chi connectivity index (χ4v) is 4.36. The zero-order valence-electron chi connectivity index (χ0n) is 20.4. The molecule has 9 heteroatoms. The van der Waals surface area contributed by atoms with Crippen LogP contribution in [0, 0.1) is 13.8 Å². The van der Waals surface area contributed by atoms with Crippen LogP contribution in [-0.4, -0.2) is 37.1 Å². The average Bonchev–Trinajstić information content (AvgIpc) is 2.81. The number of aliphatic carboxylic acids is 1. The van der Waals surface area contributed by atoms with Gasteiger partial charge < -0.3 is 16.2 Å². The van der Waals surface area contributed by atoms with Crippen LogP contribution in [0.3, 0.4) is 0 Å². The number of benzene rings is 2. The van der Waals surface area contributed by atoms with Gasteiger partial charge in [0.25, 0.3) is 5.56 Å². The molecule has 0 atom stereocenters. The quantitative estimate of drug-likeness (QED) is 0.253. The summed E-state index contributed by atoms with van der Waals surface area (Å²) < 4.78 is 1.67. The van der Waals surface area contributed by atoms with Crippen molar-refractivity contribution in [1.29, 1.82) is 0 Å². The Morgan fingerprint density at radius 1 is 1.08 bits per heavy atom. The Morgan fingerprint density at radius 3 is 2.56 bits per heavy atom. The van der Waals surface area contributed by atoms with E-state index in [1.165, 1.54) is 0 Å². The number of nitrogens with two attached hydrogens (primary N) is 1. The summed E-state index contributed by atoms with van der Waals surface area (Å²) in [6.07, 6.45) is 2.28. The van der Waals surface area contributed by atoms with E-state index in [2.05, 4.69) is 15.3 Å². The molecule has 2 aromatic carbocycles. The molecular formula is C27H28N6O3. The van der Waals surface area contributed by atoms with Crippen molar-refractivity contribution in [3.05, 3.63) is 87.6 Å². The molecule has 2 heterocycles. The Hall–Kier alpha value is -4.53. The summed E-state index contributed by atoms with van der Waals surface area (Å²) in [7, 11) is 0. The third-order valence-electron chi connectivity index (χ3n) is 5.90. The van der Waals surface area contributed by atoms with Crippen LogP contribution in [0.4, 0.5) is 11.8 Å². The molecule has 184 valence electrons. The molecule has 0 aliphatic rings. The molecular weight excluding hydrogens is 456 g/mol. The van der Waals surface area contributed by atoms with Crippen LogP contribution in [0.15, 0.2) is 59.4 Å². The molecule has 0 unspecified atom stereocenters. The monoisotopic (exact) mass is 484 g/mol. The molecule has 0 fully saturated rings. The van der Waals surface area contributed by atoms with E-state index >= 15 is 0 Å². The summed E-state index contributed by atoms with van der Waals surface area (Å²) in [5.74, 6) is 0.182. The van der Waals surface area contributed by atoms with Gasteiger partial charge in [0.15, 0.2) is 0 Å². The molecule has 0 aliphatic carbocycles. The Balaban J connectivity index is 1.63. The van der Waals surface area contributed by atoms with E-state index < -0.39 is 5.97 Å². The highest BCUT2D eigenvalue weighted by molar-refractivity contribution is 5.91. The van der Waals surface area contributed by atoms with Gasteiger partial charge in [0, 0.05) is 24.6 Å². The van der Waals surface area contributed by atoms with E-state index in [-0.39, 0.29) is 11.5 Å². The van der Waals surface area contributed by atoms with Crippen LogP contribution < -0.4 is 16.6 Å². The van der Waals surface area contributed by atoms with Crippen molar-refractivity contribution in [3.63, 3.8) is 0 Å². The molecule has 0 saturated carbocycles. The molecule has 9 nitrogen and oxygen atoms in total. The zero-order valence-corrected chi connectivity index (χ0v) is 20.4. The number of nitrogens with zero attached hydrogens (tertiary/aromatic N) is 4. The lowest BCUT2D eigenvalue weighted by molar-refractivity contribution is -0.131. The van der Waals surface area contributed by atoms with Crippen molar-refractivity contribution in [3.8, 4) is 5.69 Å². The van der Waals surface area contributed by atoms with Gasteiger partial charge in [-0.1, -0.05) is 30.3 Å². The largest absolute Gasteiger partial charge is 0.478 e. The molecule has 4 N–H and O–H groups in total. The molecule has 0 amide bonds. The fraction of sp³-hybridized carbons (Fsp3) is 0.222. The third-order valence-corrected chi connectivity index (χ3v) is 5.90. The van der Waals surface area contributed by atoms with Gasteiger partial charge in [-0.3, -0.25) is 9.36 Å². The highest BCUT2D eigenvalue weighted by atomic mass is 16.4. The van der Waals surface area contributed by atoms with E-state index in [1.807, 2.05) is 55.5 Å². The molecule has 4 aromatic rings. The number of rotatable bonds is 8. The number of carboxylic acids is 1. The van der Waals surface area contributed by atoms with E-state index in [0.717, 1.165) is 17.3 Å². The zero-order chi connectivity index (χ0) is 25.8. The number of allylic oxidation sites excluding steroid dienone is 1. The van der Waals surface area contributed by atoms with E-state index in [1.54, 1.807) is 18.4 Å². The van der Waals surface area contributed by atoms with Crippen molar-refractivity contribution in [1.82, 2.24) is 19.5 Å². The predicted molar refractivity (Wildman–Crippen MR) is 141 cm³/mol. The van der Waals surface area contributed by atoms with Crippen molar-refractivity contribution in [2.45, 2.75) is 33.6 Å². The molecule has 0 spiro atoms. The van der Waals surface area contributed by atoms with Crippen molar-refractivity contribution in [2.75, 3.05) is 17.6 Å². The maximum absolute atomic E-state index is 13.5. The number of nitrogens with one attached hydrogen (secondary N) is 1. The topological polar surface area (TPSA) is 136 Å². The summed E-state index contributed by atoms with van der Waals surface area (Å²) in [4.78, 5) is 38.0. The number of aryl methyl sites for hydroxylation is 3. The van der Waals surface area contributed by atoms with Crippen LogP contribution in [0.1, 0.15) is 36.0 Å². The number of anilines is 2. The van der Waals surface area contributed by atoms with E-state index in [0.29, 0.717) is 58.8 Å². The number of carbonyl (C=O) groups is 1. The van der Waals surface area contributed by atoms with Crippen LogP contribution in [0.25, 0.3) is 22.2 Å². The van der Waals surface area contributed by atoms with Gasteiger partial charge in [-0.05, 0) is 56.5 Å². The lowest BCUT2D eigenvalue weighted by Crippen LogP contribution is -2.25.